The number of ether oxygens (including phenoxy) is 4. The van der Waals surface area contributed by atoms with Gasteiger partial charge in [-0.15, -0.1) is 0 Å². The highest BCUT2D eigenvalue weighted by Crippen LogP contribution is 2.18. The van der Waals surface area contributed by atoms with Crippen LogP contribution in [0.2, 0.25) is 0 Å². The predicted octanol–water partition coefficient (Wildman–Crippen LogP) is 12.4. The minimum Gasteiger partial charge on any atom is -0.462 e. The summed E-state index contributed by atoms with van der Waals surface area (Å²) in [6.07, 6.45) is 33.4. The Morgan fingerprint density at radius 2 is 0.787 bits per heavy atom. The van der Waals surface area contributed by atoms with Gasteiger partial charge < -0.3 is 34.9 Å². The molecular formula is C51H99NO9. The van der Waals surface area contributed by atoms with Crippen LogP contribution in [0.1, 0.15) is 252 Å². The number of rotatable bonds is 46. The summed E-state index contributed by atoms with van der Waals surface area (Å²) in [6, 6.07) is -0.178. The number of hydrogen-bond acceptors (Lipinski definition) is 10. The van der Waals surface area contributed by atoms with Crippen LogP contribution < -0.4 is 5.73 Å². The molecule has 0 bridgehead atoms. The zero-order chi connectivity index (χ0) is 45.2. The van der Waals surface area contributed by atoms with Crippen LogP contribution in [0, 0.1) is 5.92 Å². The van der Waals surface area contributed by atoms with Crippen molar-refractivity contribution in [3.63, 3.8) is 0 Å². The van der Waals surface area contributed by atoms with Crippen LogP contribution >= 0.6 is 0 Å². The van der Waals surface area contributed by atoms with E-state index in [4.69, 9.17) is 24.7 Å². The average Bonchev–Trinajstić information content (AvgIpc) is 3.23. The van der Waals surface area contributed by atoms with Crippen LogP contribution in [-0.4, -0.2) is 78.9 Å². The first kappa shape index (κ1) is 59.2. The molecule has 0 aliphatic carbocycles. The van der Waals surface area contributed by atoms with Gasteiger partial charge in [0.05, 0.1) is 18.3 Å². The first-order valence-electron chi connectivity index (χ1n) is 25.7. The van der Waals surface area contributed by atoms with Crippen LogP contribution in [0.5, 0.6) is 0 Å². The molecule has 0 spiro atoms. The minimum atomic E-state index is -0.837. The summed E-state index contributed by atoms with van der Waals surface area (Å²) in [5.74, 6) is -0.802. The molecule has 61 heavy (non-hydrogen) atoms. The van der Waals surface area contributed by atoms with Gasteiger partial charge in [0.25, 0.3) is 0 Å². The molecule has 0 aliphatic heterocycles. The van der Waals surface area contributed by atoms with Crippen LogP contribution in [-0.2, 0) is 33.3 Å². The van der Waals surface area contributed by atoms with Crippen molar-refractivity contribution in [1.29, 1.82) is 0 Å². The first-order valence-corrected chi connectivity index (χ1v) is 25.7. The highest BCUT2D eigenvalue weighted by Gasteiger charge is 2.22. The Hall–Kier alpha value is -1.75. The summed E-state index contributed by atoms with van der Waals surface area (Å²) in [4.78, 5) is 38.0. The maximum Gasteiger partial charge on any atom is 0.306 e. The molecular weight excluding hydrogens is 771 g/mol. The Labute approximate surface area is 375 Å². The summed E-state index contributed by atoms with van der Waals surface area (Å²) in [7, 11) is 1.64. The Morgan fingerprint density at radius 1 is 0.459 bits per heavy atom. The normalized spacial score (nSPS) is 14.1. The molecule has 10 heteroatoms. The maximum absolute atomic E-state index is 12.8. The van der Waals surface area contributed by atoms with E-state index in [1.54, 1.807) is 7.11 Å². The standard InChI is InChI=1S/C51H99NO9/c1-6-8-10-12-13-14-15-16-17-18-19-20-26-34-40-50(57)61-44(42-60-49(56)39-33-28-22-25-31-37-47(54)51(58-5)43(3)4)41-59-48(55)38-32-27-21-24-29-35-45(52)46(53)36-30-23-11-9-7-2/h43-47,51,53-54H,6-42,52H2,1-5H3. The Kier molecular flexibility index (Phi) is 42.3. The fourth-order valence-corrected chi connectivity index (χ4v) is 8.08. The second kappa shape index (κ2) is 43.5. The molecule has 0 rings (SSSR count). The second-order valence-corrected chi connectivity index (χ2v) is 18.4. The van der Waals surface area contributed by atoms with Gasteiger partial charge in [0.1, 0.15) is 13.2 Å². The number of aliphatic hydroxyl groups excluding tert-OH is 2. The lowest BCUT2D eigenvalue weighted by atomic mass is 9.97. The lowest BCUT2D eigenvalue weighted by Gasteiger charge is -2.24. The third-order valence-electron chi connectivity index (χ3n) is 12.1. The number of methoxy groups -OCH3 is 1. The number of carbonyl (C=O) groups is 3. The van der Waals surface area contributed by atoms with Gasteiger partial charge in [-0.25, -0.2) is 0 Å². The molecule has 0 aromatic heterocycles. The van der Waals surface area contributed by atoms with Gasteiger partial charge in [0.2, 0.25) is 0 Å². The molecule has 0 aromatic carbocycles. The number of hydrogen-bond donors (Lipinski definition) is 3. The SMILES string of the molecule is CCCCCCCCCCCCCCCCC(=O)OC(COC(=O)CCCCCCCC(N)C(O)CCCCCCC)COC(=O)CCCCCCCC(O)C(OC)C(C)C. The summed E-state index contributed by atoms with van der Waals surface area (Å²) >= 11 is 0. The molecule has 0 fully saturated rings. The van der Waals surface area contributed by atoms with E-state index in [9.17, 15) is 24.6 Å². The first-order chi connectivity index (χ1) is 29.5. The van der Waals surface area contributed by atoms with Gasteiger partial charge in [-0.3, -0.25) is 14.4 Å². The van der Waals surface area contributed by atoms with E-state index in [1.165, 1.54) is 89.9 Å². The highest BCUT2D eigenvalue weighted by atomic mass is 16.6. The average molecular weight is 870 g/mol. The number of aliphatic hydroxyl groups is 2. The van der Waals surface area contributed by atoms with Crippen molar-refractivity contribution in [2.24, 2.45) is 11.7 Å². The third-order valence-corrected chi connectivity index (χ3v) is 12.1. The number of esters is 3. The lowest BCUT2D eigenvalue weighted by molar-refractivity contribution is -0.167. The minimum absolute atomic E-state index is 0.137. The number of unbranched alkanes of at least 4 members (excludes halogenated alkanes) is 25. The fourth-order valence-electron chi connectivity index (χ4n) is 8.08. The zero-order valence-corrected chi connectivity index (χ0v) is 40.5. The van der Waals surface area contributed by atoms with Crippen molar-refractivity contribution >= 4 is 17.9 Å². The quantitative estimate of drug-likeness (QED) is 0.0306. The van der Waals surface area contributed by atoms with E-state index in [1.807, 2.05) is 13.8 Å². The molecule has 10 nitrogen and oxygen atoms in total. The van der Waals surface area contributed by atoms with Crippen molar-refractivity contribution < 1.29 is 43.5 Å². The topological polar surface area (TPSA) is 155 Å². The molecule has 0 aliphatic rings. The monoisotopic (exact) mass is 870 g/mol. The predicted molar refractivity (Wildman–Crippen MR) is 250 cm³/mol. The van der Waals surface area contributed by atoms with E-state index in [2.05, 4.69) is 13.8 Å². The third kappa shape index (κ3) is 38.4. The van der Waals surface area contributed by atoms with Gasteiger partial charge in [-0.2, -0.15) is 0 Å². The summed E-state index contributed by atoms with van der Waals surface area (Å²) < 4.78 is 22.1. The van der Waals surface area contributed by atoms with E-state index in [0.29, 0.717) is 25.7 Å². The Bertz CT molecular complexity index is 995. The van der Waals surface area contributed by atoms with Crippen LogP contribution in [0.25, 0.3) is 0 Å². The Balaban J connectivity index is 4.52. The van der Waals surface area contributed by atoms with Crippen LogP contribution in [0.15, 0.2) is 0 Å². The molecule has 0 saturated heterocycles. The summed E-state index contributed by atoms with van der Waals surface area (Å²) in [5, 5.41) is 20.8. The molecule has 5 unspecified atom stereocenters. The number of nitrogens with two attached hydrogens (primary N) is 1. The van der Waals surface area contributed by atoms with Crippen LogP contribution in [0.3, 0.4) is 0 Å². The van der Waals surface area contributed by atoms with Gasteiger partial charge in [0.15, 0.2) is 6.10 Å². The van der Waals surface area contributed by atoms with Crippen molar-refractivity contribution in [3.05, 3.63) is 0 Å². The van der Waals surface area contributed by atoms with Gasteiger partial charge >= 0.3 is 17.9 Å². The largest absolute Gasteiger partial charge is 0.462 e. The summed E-state index contributed by atoms with van der Waals surface area (Å²) in [6.45, 7) is 8.28. The van der Waals surface area contributed by atoms with E-state index < -0.39 is 18.3 Å². The van der Waals surface area contributed by atoms with Gasteiger partial charge in [-0.05, 0) is 44.4 Å². The molecule has 0 heterocycles. The van der Waals surface area contributed by atoms with Crippen LogP contribution in [0.4, 0.5) is 0 Å². The maximum atomic E-state index is 12.8. The molecule has 0 aromatic rings. The molecule has 5 atom stereocenters. The molecule has 0 saturated carbocycles. The highest BCUT2D eigenvalue weighted by molar-refractivity contribution is 5.71. The fraction of sp³-hybridized carbons (Fsp3) is 0.941. The molecule has 4 N–H and O–H groups in total. The smallest absolute Gasteiger partial charge is 0.306 e. The Morgan fingerprint density at radius 3 is 1.16 bits per heavy atom. The molecule has 362 valence electrons. The zero-order valence-electron chi connectivity index (χ0n) is 40.5. The van der Waals surface area contributed by atoms with Crippen molar-refractivity contribution in [1.82, 2.24) is 0 Å². The summed E-state index contributed by atoms with van der Waals surface area (Å²) in [5.41, 5.74) is 6.22. The van der Waals surface area contributed by atoms with Crippen molar-refractivity contribution in [2.75, 3.05) is 20.3 Å². The molecule has 0 amide bonds. The lowest BCUT2D eigenvalue weighted by Crippen LogP contribution is -2.34. The van der Waals surface area contributed by atoms with Crippen molar-refractivity contribution in [3.8, 4) is 0 Å². The second-order valence-electron chi connectivity index (χ2n) is 18.4. The molecule has 0 radical (unpaired) electrons. The van der Waals surface area contributed by atoms with E-state index >= 15 is 0 Å². The number of carbonyl (C=O) groups excluding carboxylic acids is 3. The van der Waals surface area contributed by atoms with Gasteiger partial charge in [0, 0.05) is 32.4 Å². The van der Waals surface area contributed by atoms with Crippen molar-refractivity contribution in [2.45, 2.75) is 283 Å². The van der Waals surface area contributed by atoms with E-state index in [-0.39, 0.29) is 62.0 Å². The van der Waals surface area contributed by atoms with E-state index in [0.717, 1.165) is 96.3 Å². The van der Waals surface area contributed by atoms with Gasteiger partial charge in [-0.1, -0.05) is 195 Å².